The van der Waals surface area contributed by atoms with E-state index in [4.69, 9.17) is 13.9 Å². The van der Waals surface area contributed by atoms with Gasteiger partial charge in [-0.3, -0.25) is 14.5 Å². The van der Waals surface area contributed by atoms with Gasteiger partial charge in [-0.05, 0) is 52.2 Å². The molecule has 0 spiro atoms. The number of rotatable bonds is 6. The summed E-state index contributed by atoms with van der Waals surface area (Å²) in [5.74, 6) is -0.0276. The number of morpholine rings is 1. The smallest absolute Gasteiger partial charge is 0.290 e. The molecule has 3 aromatic rings. The van der Waals surface area contributed by atoms with Crippen LogP contribution in [0.5, 0.6) is 11.5 Å². The number of hydrogen-bond acceptors (Lipinski definition) is 7. The van der Waals surface area contributed by atoms with Crippen molar-refractivity contribution in [1.29, 1.82) is 0 Å². The molecule has 8 nitrogen and oxygen atoms in total. The predicted octanol–water partition coefficient (Wildman–Crippen LogP) is 3.54. The van der Waals surface area contributed by atoms with Crippen molar-refractivity contribution in [3.05, 3.63) is 68.0 Å². The summed E-state index contributed by atoms with van der Waals surface area (Å²) < 4.78 is 17.1. The lowest BCUT2D eigenvalue weighted by Crippen LogP contribution is -2.38. The Hall–Kier alpha value is -2.88. The highest BCUT2D eigenvalue weighted by atomic mass is 79.9. The van der Waals surface area contributed by atoms with Crippen molar-refractivity contribution < 1.29 is 23.8 Å². The third-order valence-corrected chi connectivity index (χ3v) is 7.04. The monoisotopic (exact) mass is 528 g/mol. The van der Waals surface area contributed by atoms with E-state index < -0.39 is 6.04 Å². The molecule has 1 fully saturated rings. The molecule has 3 heterocycles. The van der Waals surface area contributed by atoms with Crippen LogP contribution in [0.1, 0.15) is 34.1 Å². The van der Waals surface area contributed by atoms with Crippen molar-refractivity contribution in [3.8, 4) is 11.5 Å². The zero-order chi connectivity index (χ0) is 23.8. The molecule has 0 saturated carbocycles. The van der Waals surface area contributed by atoms with Gasteiger partial charge < -0.3 is 23.9 Å². The molecule has 2 aromatic carbocycles. The van der Waals surface area contributed by atoms with Gasteiger partial charge in [0.15, 0.2) is 16.9 Å². The molecular weight excluding hydrogens is 504 g/mol. The summed E-state index contributed by atoms with van der Waals surface area (Å²) >= 11 is 3.37. The maximum Gasteiger partial charge on any atom is 0.290 e. The first-order valence-electron chi connectivity index (χ1n) is 11.2. The number of para-hydroxylation sites is 1. The van der Waals surface area contributed by atoms with E-state index in [9.17, 15) is 14.7 Å². The fourth-order valence-electron chi connectivity index (χ4n) is 4.74. The Kier molecular flexibility index (Phi) is 6.33. The molecular formula is C25H25BrN2O6. The van der Waals surface area contributed by atoms with Crippen molar-refractivity contribution >= 4 is 32.8 Å². The number of aromatic hydroxyl groups is 1. The zero-order valence-corrected chi connectivity index (χ0v) is 20.3. The van der Waals surface area contributed by atoms with Crippen LogP contribution in [0, 0.1) is 0 Å². The van der Waals surface area contributed by atoms with Gasteiger partial charge in [0.25, 0.3) is 5.91 Å². The summed E-state index contributed by atoms with van der Waals surface area (Å²) in [4.78, 5) is 31.1. The molecule has 0 aliphatic carbocycles. The number of ether oxygens (including phenoxy) is 2. The second kappa shape index (κ2) is 9.40. The average molecular weight is 529 g/mol. The van der Waals surface area contributed by atoms with Gasteiger partial charge in [0.1, 0.15) is 5.58 Å². The van der Waals surface area contributed by atoms with Gasteiger partial charge in [0.2, 0.25) is 5.76 Å². The van der Waals surface area contributed by atoms with Crippen molar-refractivity contribution in [2.45, 2.75) is 12.5 Å². The number of carbonyl (C=O) groups excluding carboxylic acids is 1. The van der Waals surface area contributed by atoms with Crippen LogP contribution in [0.4, 0.5) is 0 Å². The highest BCUT2D eigenvalue weighted by Crippen LogP contribution is 2.43. The number of benzene rings is 2. The quantitative estimate of drug-likeness (QED) is 0.523. The molecule has 1 saturated heterocycles. The molecule has 34 heavy (non-hydrogen) atoms. The first-order chi connectivity index (χ1) is 16.5. The number of phenolic OH excluding ortho intramolecular Hbond substituents is 1. The number of halogens is 1. The molecule has 1 aromatic heterocycles. The Morgan fingerprint density at radius 3 is 2.68 bits per heavy atom. The lowest BCUT2D eigenvalue weighted by Gasteiger charge is -2.29. The van der Waals surface area contributed by atoms with E-state index in [0.717, 1.165) is 26.1 Å². The summed E-state index contributed by atoms with van der Waals surface area (Å²) in [7, 11) is 1.46. The Bertz CT molecular complexity index is 1300. The van der Waals surface area contributed by atoms with Crippen LogP contribution in [0.3, 0.4) is 0 Å². The van der Waals surface area contributed by atoms with E-state index in [2.05, 4.69) is 20.8 Å². The summed E-state index contributed by atoms with van der Waals surface area (Å²) in [6, 6.07) is 9.68. The van der Waals surface area contributed by atoms with E-state index in [1.807, 2.05) is 0 Å². The maximum absolute atomic E-state index is 13.6. The topological polar surface area (TPSA) is 92.5 Å². The number of methoxy groups -OCH3 is 1. The number of hydrogen-bond donors (Lipinski definition) is 1. The molecule has 2 aliphatic rings. The molecule has 5 rings (SSSR count). The number of amides is 1. The average Bonchev–Trinajstić information content (AvgIpc) is 3.13. The highest BCUT2D eigenvalue weighted by molar-refractivity contribution is 9.10. The minimum Gasteiger partial charge on any atom is -0.503 e. The zero-order valence-electron chi connectivity index (χ0n) is 18.8. The summed E-state index contributed by atoms with van der Waals surface area (Å²) in [6.07, 6.45) is 0.736. The van der Waals surface area contributed by atoms with Crippen LogP contribution in [0.2, 0.25) is 0 Å². The summed E-state index contributed by atoms with van der Waals surface area (Å²) in [6.45, 7) is 4.42. The minimum atomic E-state index is -0.654. The Balaban J connectivity index is 1.57. The van der Waals surface area contributed by atoms with Gasteiger partial charge in [-0.25, -0.2) is 0 Å². The minimum absolute atomic E-state index is 0.0415. The third kappa shape index (κ3) is 3.97. The number of nitrogens with zero attached hydrogens (tertiary/aromatic N) is 2. The fourth-order valence-corrected chi connectivity index (χ4v) is 5.20. The first-order valence-corrected chi connectivity index (χ1v) is 12.0. The second-order valence-electron chi connectivity index (χ2n) is 8.43. The molecule has 1 unspecified atom stereocenters. The van der Waals surface area contributed by atoms with Crippen LogP contribution >= 0.6 is 15.9 Å². The standard InChI is InChI=1S/C25H25BrN2O6/c1-32-19-14-15(13-17(26)23(19)30)21-20-22(29)16-5-2-3-6-18(16)34-24(20)25(31)28(21)8-4-7-27-9-11-33-12-10-27/h2-3,5-6,13-14,21,30H,4,7-12H2,1H3. The second-order valence-corrected chi connectivity index (χ2v) is 9.29. The van der Waals surface area contributed by atoms with E-state index in [-0.39, 0.29) is 28.6 Å². The maximum atomic E-state index is 13.6. The predicted molar refractivity (Wildman–Crippen MR) is 130 cm³/mol. The highest BCUT2D eigenvalue weighted by Gasteiger charge is 2.43. The van der Waals surface area contributed by atoms with Crippen molar-refractivity contribution in [3.63, 3.8) is 0 Å². The van der Waals surface area contributed by atoms with Crippen LogP contribution in [0.15, 0.2) is 50.1 Å². The van der Waals surface area contributed by atoms with Crippen LogP contribution < -0.4 is 10.2 Å². The number of carbonyl (C=O) groups is 1. The summed E-state index contributed by atoms with van der Waals surface area (Å²) in [5, 5.41) is 10.7. The molecule has 178 valence electrons. The van der Waals surface area contributed by atoms with Gasteiger partial charge in [-0.1, -0.05) is 12.1 Å². The van der Waals surface area contributed by atoms with Crippen LogP contribution in [-0.4, -0.2) is 67.3 Å². The molecule has 1 amide bonds. The molecule has 1 atom stereocenters. The van der Waals surface area contributed by atoms with E-state index >= 15 is 0 Å². The molecule has 0 bridgehead atoms. The van der Waals surface area contributed by atoms with Gasteiger partial charge in [0, 0.05) is 26.2 Å². The third-order valence-electron chi connectivity index (χ3n) is 6.44. The number of fused-ring (bicyclic) bond motifs is 2. The van der Waals surface area contributed by atoms with Crippen LogP contribution in [-0.2, 0) is 4.74 Å². The van der Waals surface area contributed by atoms with E-state index in [1.54, 1.807) is 41.3 Å². The normalized spacial score (nSPS) is 18.5. The van der Waals surface area contributed by atoms with Crippen molar-refractivity contribution in [1.82, 2.24) is 9.80 Å². The molecule has 9 heteroatoms. The first kappa shape index (κ1) is 22.9. The fraction of sp³-hybridized carbons (Fsp3) is 0.360. The van der Waals surface area contributed by atoms with E-state index in [1.165, 1.54) is 7.11 Å². The van der Waals surface area contributed by atoms with E-state index in [0.29, 0.717) is 46.3 Å². The van der Waals surface area contributed by atoms with Gasteiger partial charge in [0.05, 0.1) is 41.8 Å². The Labute approximate surface area is 204 Å². The Morgan fingerprint density at radius 2 is 1.91 bits per heavy atom. The van der Waals surface area contributed by atoms with Gasteiger partial charge in [-0.2, -0.15) is 0 Å². The number of phenols is 1. The van der Waals surface area contributed by atoms with Gasteiger partial charge in [-0.15, -0.1) is 0 Å². The van der Waals surface area contributed by atoms with Gasteiger partial charge >= 0.3 is 0 Å². The van der Waals surface area contributed by atoms with Crippen molar-refractivity contribution in [2.75, 3.05) is 46.5 Å². The van der Waals surface area contributed by atoms with Crippen LogP contribution in [0.25, 0.3) is 11.0 Å². The lowest BCUT2D eigenvalue weighted by atomic mass is 9.98. The molecule has 1 N–H and O–H groups in total. The molecule has 0 radical (unpaired) electrons. The van der Waals surface area contributed by atoms with Crippen molar-refractivity contribution in [2.24, 2.45) is 0 Å². The lowest BCUT2D eigenvalue weighted by molar-refractivity contribution is 0.0353. The Morgan fingerprint density at radius 1 is 1.15 bits per heavy atom. The summed E-state index contributed by atoms with van der Waals surface area (Å²) in [5.41, 5.74) is 1.13. The SMILES string of the molecule is COc1cc(C2c3c(oc4ccccc4c3=O)C(=O)N2CCCN2CCOCC2)cc(Br)c1O. The molecule has 2 aliphatic heterocycles. The largest absolute Gasteiger partial charge is 0.503 e.